The third-order valence-corrected chi connectivity index (χ3v) is 6.49. The fraction of sp³-hybridized carbons (Fsp3) is 0.269. The average Bonchev–Trinajstić information content (AvgIpc) is 3.54. The van der Waals surface area contributed by atoms with E-state index >= 15 is 0 Å². The van der Waals surface area contributed by atoms with Crippen molar-refractivity contribution in [3.05, 3.63) is 66.5 Å². The lowest BCUT2D eigenvalue weighted by atomic mass is 10.0. The lowest BCUT2D eigenvalue weighted by Crippen LogP contribution is -2.33. The first-order valence-corrected chi connectivity index (χ1v) is 11.7. The van der Waals surface area contributed by atoms with Crippen LogP contribution in [0, 0.1) is 12.5 Å². The van der Waals surface area contributed by atoms with Crippen LogP contribution in [0.1, 0.15) is 12.8 Å². The molecule has 1 fully saturated rings. The largest absolute Gasteiger partial charge is 0.464 e. The summed E-state index contributed by atoms with van der Waals surface area (Å²) < 4.78 is 9.94. The number of aryl methyl sites for hydroxylation is 1. The number of hydrogen-bond donors (Lipinski definition) is 1. The van der Waals surface area contributed by atoms with Gasteiger partial charge in [0.1, 0.15) is 0 Å². The quantitative estimate of drug-likeness (QED) is 0.391. The SMILES string of the molecule is [C-]#[N+]c1ccc(-c2nc(OC[C@@H]3CCCNC3)n3ccnc3c2-c2cnc3c(cnn3C)c2)cc1. The summed E-state index contributed by atoms with van der Waals surface area (Å²) in [6, 6.07) is 10.0. The summed E-state index contributed by atoms with van der Waals surface area (Å²) in [5.74, 6) is 0.447. The molecule has 1 aromatic carbocycles. The number of nitrogens with zero attached hydrogens (tertiary/aromatic N) is 7. The van der Waals surface area contributed by atoms with E-state index in [0.717, 1.165) is 65.0 Å². The van der Waals surface area contributed by atoms with Crippen molar-refractivity contribution in [1.29, 1.82) is 0 Å². The van der Waals surface area contributed by atoms with E-state index in [1.165, 1.54) is 0 Å². The predicted molar refractivity (Wildman–Crippen MR) is 133 cm³/mol. The number of piperidine rings is 1. The maximum absolute atomic E-state index is 7.30. The van der Waals surface area contributed by atoms with Crippen molar-refractivity contribution in [2.24, 2.45) is 13.0 Å². The van der Waals surface area contributed by atoms with Gasteiger partial charge in [-0.05, 0) is 31.0 Å². The Morgan fingerprint density at radius 1 is 1.14 bits per heavy atom. The highest BCUT2D eigenvalue weighted by Gasteiger charge is 2.21. The molecule has 1 aliphatic heterocycles. The van der Waals surface area contributed by atoms with Crippen molar-refractivity contribution in [3.8, 4) is 28.4 Å². The molecule has 5 aromatic rings. The minimum Gasteiger partial charge on any atom is -0.464 e. The number of pyridine rings is 1. The molecule has 4 aromatic heterocycles. The monoisotopic (exact) mass is 464 g/mol. The number of nitrogens with one attached hydrogen (secondary N) is 1. The molecule has 6 rings (SSSR count). The zero-order valence-electron chi connectivity index (χ0n) is 19.3. The van der Waals surface area contributed by atoms with E-state index in [1.54, 1.807) is 23.0 Å². The smallest absolute Gasteiger partial charge is 0.302 e. The van der Waals surface area contributed by atoms with Crippen molar-refractivity contribution in [1.82, 2.24) is 34.4 Å². The zero-order chi connectivity index (χ0) is 23.8. The van der Waals surface area contributed by atoms with Crippen LogP contribution >= 0.6 is 0 Å². The molecule has 35 heavy (non-hydrogen) atoms. The first-order valence-electron chi connectivity index (χ1n) is 11.7. The number of rotatable bonds is 5. The number of fused-ring (bicyclic) bond motifs is 2. The highest BCUT2D eigenvalue weighted by molar-refractivity contribution is 5.93. The lowest BCUT2D eigenvalue weighted by molar-refractivity contribution is 0.203. The summed E-state index contributed by atoms with van der Waals surface area (Å²) in [5.41, 5.74) is 5.50. The van der Waals surface area contributed by atoms with Gasteiger partial charge in [0.15, 0.2) is 17.0 Å². The van der Waals surface area contributed by atoms with Crippen LogP contribution in [-0.2, 0) is 7.05 Å². The van der Waals surface area contributed by atoms with Gasteiger partial charge in [-0.1, -0.05) is 24.3 Å². The molecule has 0 bridgehead atoms. The van der Waals surface area contributed by atoms with E-state index in [4.69, 9.17) is 16.3 Å². The van der Waals surface area contributed by atoms with E-state index in [0.29, 0.717) is 24.2 Å². The summed E-state index contributed by atoms with van der Waals surface area (Å²) >= 11 is 0. The number of aromatic nitrogens is 6. The number of benzene rings is 1. The normalized spacial score (nSPS) is 15.9. The van der Waals surface area contributed by atoms with E-state index in [-0.39, 0.29) is 0 Å². The second-order valence-corrected chi connectivity index (χ2v) is 8.83. The molecular weight excluding hydrogens is 440 g/mol. The molecule has 1 N–H and O–H groups in total. The fourth-order valence-electron chi connectivity index (χ4n) is 4.66. The van der Waals surface area contributed by atoms with Crippen LogP contribution in [0.15, 0.2) is 55.1 Å². The van der Waals surface area contributed by atoms with Gasteiger partial charge in [-0.15, -0.1) is 0 Å². The summed E-state index contributed by atoms with van der Waals surface area (Å²) in [5, 5.41) is 8.71. The molecule has 0 unspecified atom stereocenters. The molecule has 1 saturated heterocycles. The molecule has 0 aliphatic carbocycles. The first-order chi connectivity index (χ1) is 17.2. The Bertz CT molecular complexity index is 1550. The molecule has 1 aliphatic rings. The van der Waals surface area contributed by atoms with Crippen LogP contribution in [0.4, 0.5) is 5.69 Å². The molecule has 1 atom stereocenters. The number of hydrogen-bond acceptors (Lipinski definition) is 6. The number of imidazole rings is 1. The Morgan fingerprint density at radius 2 is 2.03 bits per heavy atom. The van der Waals surface area contributed by atoms with Crippen molar-refractivity contribution in [3.63, 3.8) is 0 Å². The molecular formula is C26H24N8O. The third-order valence-electron chi connectivity index (χ3n) is 6.49. The zero-order valence-corrected chi connectivity index (χ0v) is 19.3. The van der Waals surface area contributed by atoms with Gasteiger partial charge >= 0.3 is 6.01 Å². The summed E-state index contributed by atoms with van der Waals surface area (Å²) in [6.07, 6.45) is 9.58. The van der Waals surface area contributed by atoms with Crippen LogP contribution < -0.4 is 10.1 Å². The van der Waals surface area contributed by atoms with Crippen molar-refractivity contribution < 1.29 is 4.74 Å². The highest BCUT2D eigenvalue weighted by atomic mass is 16.5. The second kappa shape index (κ2) is 8.81. The molecule has 9 nitrogen and oxygen atoms in total. The molecule has 174 valence electrons. The van der Waals surface area contributed by atoms with Gasteiger partial charge in [0, 0.05) is 49.1 Å². The first kappa shape index (κ1) is 21.3. The summed E-state index contributed by atoms with van der Waals surface area (Å²) in [6.45, 7) is 9.91. The Morgan fingerprint density at radius 3 is 2.83 bits per heavy atom. The van der Waals surface area contributed by atoms with Crippen LogP contribution in [0.2, 0.25) is 0 Å². The lowest BCUT2D eigenvalue weighted by Gasteiger charge is -2.23. The Hall–Kier alpha value is -4.29. The molecule has 9 heteroatoms. The van der Waals surface area contributed by atoms with Crippen molar-refractivity contribution >= 4 is 22.4 Å². The topological polar surface area (TPSA) is 86.5 Å². The highest BCUT2D eigenvalue weighted by Crippen LogP contribution is 2.37. The minimum atomic E-state index is 0.447. The summed E-state index contributed by atoms with van der Waals surface area (Å²) in [7, 11) is 1.88. The summed E-state index contributed by atoms with van der Waals surface area (Å²) in [4.78, 5) is 17.9. The standard InChI is InChI=1S/C26H24N8O/c1-27-21-7-5-18(6-8-21)23-22(19-12-20-15-31-33(2)24(20)30-14-19)25-29-10-11-34(25)26(32-23)35-16-17-4-3-9-28-13-17/h5-8,10-12,14-15,17,28H,3-4,9,13,16H2,2H3/t17-/m1/s1. The maximum atomic E-state index is 7.30. The maximum Gasteiger partial charge on any atom is 0.302 e. The van der Waals surface area contributed by atoms with Gasteiger partial charge in [-0.2, -0.15) is 10.1 Å². The van der Waals surface area contributed by atoms with Gasteiger partial charge in [-0.3, -0.25) is 9.08 Å². The van der Waals surface area contributed by atoms with Gasteiger partial charge in [0.25, 0.3) is 0 Å². The fourth-order valence-corrected chi connectivity index (χ4v) is 4.66. The third kappa shape index (κ3) is 3.88. The van der Waals surface area contributed by atoms with Crippen LogP contribution in [0.5, 0.6) is 6.01 Å². The predicted octanol–water partition coefficient (Wildman–Crippen LogP) is 4.27. The number of ether oxygens (including phenoxy) is 1. The Kier molecular flexibility index (Phi) is 5.35. The van der Waals surface area contributed by atoms with Crippen LogP contribution in [-0.4, -0.2) is 48.8 Å². The van der Waals surface area contributed by atoms with E-state index in [2.05, 4.69) is 31.3 Å². The van der Waals surface area contributed by atoms with Crippen molar-refractivity contribution in [2.75, 3.05) is 19.7 Å². The van der Waals surface area contributed by atoms with Gasteiger partial charge in [0.05, 0.1) is 30.6 Å². The molecule has 5 heterocycles. The van der Waals surface area contributed by atoms with E-state index < -0.39 is 0 Å². The van der Waals surface area contributed by atoms with E-state index in [1.807, 2.05) is 42.2 Å². The van der Waals surface area contributed by atoms with Gasteiger partial charge in [0.2, 0.25) is 0 Å². The molecule has 0 radical (unpaired) electrons. The Balaban J connectivity index is 1.51. The van der Waals surface area contributed by atoms with Gasteiger partial charge < -0.3 is 10.1 Å². The molecule has 0 saturated carbocycles. The van der Waals surface area contributed by atoms with Crippen molar-refractivity contribution in [2.45, 2.75) is 12.8 Å². The average molecular weight is 465 g/mol. The second-order valence-electron chi connectivity index (χ2n) is 8.83. The molecule has 0 spiro atoms. The van der Waals surface area contributed by atoms with Gasteiger partial charge in [-0.25, -0.2) is 14.8 Å². The molecule has 0 amide bonds. The van der Waals surface area contributed by atoms with E-state index in [9.17, 15) is 0 Å². The Labute approximate surface area is 202 Å². The van der Waals surface area contributed by atoms with Crippen LogP contribution in [0.25, 0.3) is 43.9 Å². The van der Waals surface area contributed by atoms with Crippen LogP contribution in [0.3, 0.4) is 0 Å². The minimum absolute atomic E-state index is 0.447.